The molecule has 24 heavy (non-hydrogen) atoms. The average molecular weight is 336 g/mol. The lowest BCUT2D eigenvalue weighted by molar-refractivity contribution is -0.183. The third-order valence-corrected chi connectivity index (χ3v) is 4.73. The Morgan fingerprint density at radius 1 is 1.21 bits per heavy atom. The van der Waals surface area contributed by atoms with Gasteiger partial charge in [0.05, 0.1) is 5.92 Å². The molecule has 3 nitrogen and oxygen atoms in total. The number of carbonyl (C=O) groups is 1. The minimum Gasteiger partial charge on any atom is -0.344 e. The predicted molar refractivity (Wildman–Crippen MR) is 87.8 cm³/mol. The zero-order valence-corrected chi connectivity index (χ0v) is 13.1. The Morgan fingerprint density at radius 3 is 2.54 bits per heavy atom. The van der Waals surface area contributed by atoms with Crippen LogP contribution in [-0.2, 0) is 4.79 Å². The SMILES string of the molecule is C=CC(=O)Nc1ccc2c(ccn2C2CCC(C(F)(F)F)CC2)c1. The van der Waals surface area contributed by atoms with Crippen LogP contribution >= 0.6 is 0 Å². The molecule has 1 aliphatic rings. The van der Waals surface area contributed by atoms with E-state index in [0.717, 1.165) is 10.9 Å². The molecule has 1 aliphatic carbocycles. The van der Waals surface area contributed by atoms with Gasteiger partial charge in [-0.1, -0.05) is 6.58 Å². The Bertz CT molecular complexity index is 755. The first-order chi connectivity index (χ1) is 11.4. The van der Waals surface area contributed by atoms with Crippen molar-refractivity contribution < 1.29 is 18.0 Å². The number of hydrogen-bond donors (Lipinski definition) is 1. The van der Waals surface area contributed by atoms with Crippen LogP contribution in [0.25, 0.3) is 10.9 Å². The first-order valence-corrected chi connectivity index (χ1v) is 7.99. The van der Waals surface area contributed by atoms with Gasteiger partial charge >= 0.3 is 6.18 Å². The molecule has 6 heteroatoms. The predicted octanol–water partition coefficient (Wildman–Crippen LogP) is 5.06. The van der Waals surface area contributed by atoms with Gasteiger partial charge in [-0.25, -0.2) is 0 Å². The normalized spacial score (nSPS) is 21.6. The highest BCUT2D eigenvalue weighted by molar-refractivity contribution is 6.00. The second-order valence-electron chi connectivity index (χ2n) is 6.24. The molecule has 1 aromatic heterocycles. The summed E-state index contributed by atoms with van der Waals surface area (Å²) in [5, 5.41) is 3.66. The molecule has 0 saturated heterocycles. The highest BCUT2D eigenvalue weighted by Crippen LogP contribution is 2.42. The van der Waals surface area contributed by atoms with Crippen molar-refractivity contribution in [2.24, 2.45) is 5.92 Å². The summed E-state index contributed by atoms with van der Waals surface area (Å²) in [6.45, 7) is 3.41. The Morgan fingerprint density at radius 2 is 1.92 bits per heavy atom. The Labute approximate surface area is 138 Å². The summed E-state index contributed by atoms with van der Waals surface area (Å²) >= 11 is 0. The van der Waals surface area contributed by atoms with Gasteiger partial charge in [0.25, 0.3) is 0 Å². The van der Waals surface area contributed by atoms with Crippen molar-refractivity contribution in [3.05, 3.63) is 43.1 Å². The smallest absolute Gasteiger partial charge is 0.344 e. The van der Waals surface area contributed by atoms with Crippen LogP contribution in [0.5, 0.6) is 0 Å². The van der Waals surface area contributed by atoms with E-state index in [4.69, 9.17) is 0 Å². The fraction of sp³-hybridized carbons (Fsp3) is 0.389. The number of hydrogen-bond acceptors (Lipinski definition) is 1. The Kier molecular flexibility index (Phi) is 4.39. The third-order valence-electron chi connectivity index (χ3n) is 4.73. The first-order valence-electron chi connectivity index (χ1n) is 7.99. The zero-order chi connectivity index (χ0) is 17.3. The molecule has 0 bridgehead atoms. The fourth-order valence-electron chi connectivity index (χ4n) is 3.43. The van der Waals surface area contributed by atoms with E-state index in [9.17, 15) is 18.0 Å². The number of halogens is 3. The number of fused-ring (bicyclic) bond motifs is 1. The summed E-state index contributed by atoms with van der Waals surface area (Å²) < 4.78 is 40.4. The summed E-state index contributed by atoms with van der Waals surface area (Å²) in [5.74, 6) is -1.45. The number of carbonyl (C=O) groups excluding carboxylic acids is 1. The molecule has 1 fully saturated rings. The number of anilines is 1. The molecule has 128 valence electrons. The van der Waals surface area contributed by atoms with Gasteiger partial charge < -0.3 is 9.88 Å². The topological polar surface area (TPSA) is 34.0 Å². The highest BCUT2D eigenvalue weighted by atomic mass is 19.4. The number of alkyl halides is 3. The molecule has 1 N–H and O–H groups in total. The number of aromatic nitrogens is 1. The van der Waals surface area contributed by atoms with Crippen molar-refractivity contribution in [2.45, 2.75) is 37.9 Å². The minimum absolute atomic E-state index is 0.0923. The van der Waals surface area contributed by atoms with Crippen molar-refractivity contribution in [3.63, 3.8) is 0 Å². The Balaban J connectivity index is 1.77. The van der Waals surface area contributed by atoms with Crippen molar-refractivity contribution in [2.75, 3.05) is 5.32 Å². The van der Waals surface area contributed by atoms with Gasteiger partial charge in [-0.2, -0.15) is 13.2 Å². The van der Waals surface area contributed by atoms with Gasteiger partial charge in [0.1, 0.15) is 0 Å². The second kappa shape index (κ2) is 6.34. The van der Waals surface area contributed by atoms with E-state index in [-0.39, 0.29) is 24.8 Å². The molecular formula is C18H19F3N2O. The van der Waals surface area contributed by atoms with Crippen LogP contribution in [0.15, 0.2) is 43.1 Å². The van der Waals surface area contributed by atoms with E-state index in [0.29, 0.717) is 18.5 Å². The van der Waals surface area contributed by atoms with E-state index in [1.165, 1.54) is 6.08 Å². The van der Waals surface area contributed by atoms with Crippen LogP contribution in [0.4, 0.5) is 18.9 Å². The molecule has 3 rings (SSSR count). The van der Waals surface area contributed by atoms with Crippen LogP contribution in [0.3, 0.4) is 0 Å². The van der Waals surface area contributed by atoms with E-state index in [1.807, 2.05) is 24.4 Å². The molecule has 1 heterocycles. The Hall–Kier alpha value is -2.24. The van der Waals surface area contributed by atoms with Crippen LogP contribution in [0.1, 0.15) is 31.7 Å². The van der Waals surface area contributed by atoms with Crippen molar-refractivity contribution >= 4 is 22.5 Å². The maximum Gasteiger partial charge on any atom is 0.391 e. The molecule has 2 aromatic rings. The molecule has 1 saturated carbocycles. The number of nitrogens with zero attached hydrogens (tertiary/aromatic N) is 1. The summed E-state index contributed by atoms with van der Waals surface area (Å²) in [4.78, 5) is 11.4. The molecule has 0 radical (unpaired) electrons. The first kappa shape index (κ1) is 16.6. The quantitative estimate of drug-likeness (QED) is 0.781. The van der Waals surface area contributed by atoms with E-state index in [2.05, 4.69) is 16.5 Å². The van der Waals surface area contributed by atoms with Crippen LogP contribution in [-0.4, -0.2) is 16.7 Å². The third kappa shape index (κ3) is 3.32. The number of nitrogens with one attached hydrogen (secondary N) is 1. The largest absolute Gasteiger partial charge is 0.391 e. The molecule has 0 spiro atoms. The van der Waals surface area contributed by atoms with Crippen LogP contribution < -0.4 is 5.32 Å². The minimum atomic E-state index is -4.08. The number of amides is 1. The molecule has 0 unspecified atom stereocenters. The van der Waals surface area contributed by atoms with Crippen molar-refractivity contribution in [1.29, 1.82) is 0 Å². The summed E-state index contributed by atoms with van der Waals surface area (Å²) in [6.07, 6.45) is 0.466. The van der Waals surface area contributed by atoms with Crippen LogP contribution in [0, 0.1) is 5.92 Å². The maximum atomic E-state index is 12.8. The van der Waals surface area contributed by atoms with Crippen molar-refractivity contribution in [3.8, 4) is 0 Å². The van der Waals surface area contributed by atoms with Gasteiger partial charge in [-0.05, 0) is 56.0 Å². The van der Waals surface area contributed by atoms with Gasteiger partial charge in [0.2, 0.25) is 5.91 Å². The highest BCUT2D eigenvalue weighted by Gasteiger charge is 2.41. The lowest BCUT2D eigenvalue weighted by atomic mass is 9.85. The van der Waals surface area contributed by atoms with E-state index in [1.54, 1.807) is 6.07 Å². The van der Waals surface area contributed by atoms with Gasteiger partial charge in [0, 0.05) is 28.8 Å². The summed E-state index contributed by atoms with van der Waals surface area (Å²) in [7, 11) is 0. The van der Waals surface area contributed by atoms with Gasteiger partial charge in [-0.3, -0.25) is 4.79 Å². The zero-order valence-electron chi connectivity index (χ0n) is 13.1. The lowest BCUT2D eigenvalue weighted by Crippen LogP contribution is -2.28. The monoisotopic (exact) mass is 336 g/mol. The molecule has 1 aromatic carbocycles. The molecule has 0 atom stereocenters. The summed E-state index contributed by atoms with van der Waals surface area (Å²) in [5.41, 5.74) is 1.65. The van der Waals surface area contributed by atoms with Gasteiger partial charge in [-0.15, -0.1) is 0 Å². The molecule has 1 amide bonds. The lowest BCUT2D eigenvalue weighted by Gasteiger charge is -2.31. The molecular weight excluding hydrogens is 317 g/mol. The van der Waals surface area contributed by atoms with E-state index >= 15 is 0 Å². The van der Waals surface area contributed by atoms with Crippen LogP contribution in [0.2, 0.25) is 0 Å². The fourth-order valence-corrected chi connectivity index (χ4v) is 3.43. The van der Waals surface area contributed by atoms with Gasteiger partial charge in [0.15, 0.2) is 0 Å². The summed E-state index contributed by atoms with van der Waals surface area (Å²) in [6, 6.07) is 7.56. The average Bonchev–Trinajstić information content (AvgIpc) is 2.97. The maximum absolute atomic E-state index is 12.8. The standard InChI is InChI=1S/C18H19F3N2O/c1-2-17(24)22-14-5-8-16-12(11-14)9-10-23(16)15-6-3-13(4-7-15)18(19,20)21/h2,5,8-11,13,15H,1,3-4,6-7H2,(H,22,24). The van der Waals surface area contributed by atoms with E-state index < -0.39 is 12.1 Å². The molecule has 0 aliphatic heterocycles. The van der Waals surface area contributed by atoms with Crippen molar-refractivity contribution in [1.82, 2.24) is 4.57 Å². The number of rotatable bonds is 3. The number of benzene rings is 1. The second-order valence-corrected chi connectivity index (χ2v) is 6.24.